The quantitative estimate of drug-likeness (QED) is 0.711. The number of rotatable bonds is 6. The highest BCUT2D eigenvalue weighted by Crippen LogP contribution is 2.34. The molecule has 0 unspecified atom stereocenters. The first-order chi connectivity index (χ1) is 15.0. The van der Waals surface area contributed by atoms with E-state index in [0.717, 1.165) is 41.9 Å². The van der Waals surface area contributed by atoms with E-state index >= 15 is 0 Å². The molecular formula is C24H26FN3O3. The first-order valence-electron chi connectivity index (χ1n) is 10.5. The Balaban J connectivity index is 1.57. The lowest BCUT2D eigenvalue weighted by atomic mass is 9.84. The summed E-state index contributed by atoms with van der Waals surface area (Å²) < 4.78 is 18.7. The van der Waals surface area contributed by atoms with Gasteiger partial charge in [0.1, 0.15) is 18.1 Å². The Kier molecular flexibility index (Phi) is 6.02. The van der Waals surface area contributed by atoms with Crippen LogP contribution in [0.2, 0.25) is 0 Å². The molecule has 7 heteroatoms. The van der Waals surface area contributed by atoms with Gasteiger partial charge in [0.2, 0.25) is 5.91 Å². The Labute approximate surface area is 181 Å². The molecule has 1 aliphatic carbocycles. The molecule has 2 aromatic rings. The third-order valence-electron chi connectivity index (χ3n) is 6.05. The lowest BCUT2D eigenvalue weighted by molar-refractivity contribution is -0.144. The number of methoxy groups -OCH3 is 1. The van der Waals surface area contributed by atoms with Crippen LogP contribution in [0.3, 0.4) is 0 Å². The van der Waals surface area contributed by atoms with Gasteiger partial charge >= 0.3 is 0 Å². The van der Waals surface area contributed by atoms with Crippen molar-refractivity contribution in [2.45, 2.75) is 31.7 Å². The van der Waals surface area contributed by atoms with Crippen LogP contribution in [0.25, 0.3) is 0 Å². The Hall–Kier alpha value is -3.22. The molecule has 162 valence electrons. The van der Waals surface area contributed by atoms with Crippen molar-refractivity contribution in [2.24, 2.45) is 11.0 Å². The van der Waals surface area contributed by atoms with Gasteiger partial charge in [-0.1, -0.05) is 18.6 Å². The maximum absolute atomic E-state index is 13.5. The molecule has 2 aliphatic rings. The van der Waals surface area contributed by atoms with Gasteiger partial charge in [-0.2, -0.15) is 5.10 Å². The molecule has 0 spiro atoms. The van der Waals surface area contributed by atoms with Crippen LogP contribution in [0.4, 0.5) is 4.39 Å². The van der Waals surface area contributed by atoms with Crippen molar-refractivity contribution in [3.8, 4) is 5.75 Å². The topological polar surface area (TPSA) is 62.2 Å². The fourth-order valence-corrected chi connectivity index (χ4v) is 3.96. The van der Waals surface area contributed by atoms with Crippen LogP contribution in [0.5, 0.6) is 5.75 Å². The zero-order valence-electron chi connectivity index (χ0n) is 17.8. The molecule has 2 aromatic carbocycles. The maximum atomic E-state index is 13.5. The summed E-state index contributed by atoms with van der Waals surface area (Å²) in [5, 5.41) is 6.06. The summed E-state index contributed by atoms with van der Waals surface area (Å²) in [5.41, 5.74) is 2.45. The largest absolute Gasteiger partial charge is 0.497 e. The summed E-state index contributed by atoms with van der Waals surface area (Å²) in [6.07, 6.45) is 3.34. The van der Waals surface area contributed by atoms with E-state index in [-0.39, 0.29) is 36.1 Å². The fourth-order valence-electron chi connectivity index (χ4n) is 3.96. The summed E-state index contributed by atoms with van der Waals surface area (Å²) in [5.74, 6) is 0.190. The van der Waals surface area contributed by atoms with E-state index in [9.17, 15) is 14.0 Å². The Bertz CT molecular complexity index is 984. The van der Waals surface area contributed by atoms with E-state index in [4.69, 9.17) is 4.74 Å². The van der Waals surface area contributed by atoms with Crippen LogP contribution in [-0.2, 0) is 9.59 Å². The van der Waals surface area contributed by atoms with Gasteiger partial charge in [0.25, 0.3) is 5.91 Å². The van der Waals surface area contributed by atoms with Crippen LogP contribution in [-0.4, -0.2) is 48.1 Å². The molecule has 4 rings (SSSR count). The number of likely N-dealkylation sites (N-methyl/N-ethyl adjacent to an activating group) is 1. The molecule has 1 fully saturated rings. The van der Waals surface area contributed by atoms with Crippen molar-refractivity contribution in [1.29, 1.82) is 0 Å². The number of benzene rings is 2. The standard InChI is InChI=1S/C24H26FN3O3/c1-27(24(30)18-4-3-5-18)15-23(29)28-22(17-6-10-19(25)11-7-17)14-21(26-28)16-8-12-20(31-2)13-9-16/h6-13,18,22H,3-5,14-15H2,1-2H3/t22-/m1/s1. The number of hydrazone groups is 1. The normalized spacial score (nSPS) is 18.4. The number of amides is 2. The second-order valence-electron chi connectivity index (χ2n) is 8.11. The minimum absolute atomic E-state index is 0.0106. The van der Waals surface area contributed by atoms with Gasteiger partial charge in [0.05, 0.1) is 18.9 Å². The second kappa shape index (κ2) is 8.88. The smallest absolute Gasteiger partial charge is 0.262 e. The molecule has 0 bridgehead atoms. The molecular weight excluding hydrogens is 397 g/mol. The molecule has 1 saturated carbocycles. The third-order valence-corrected chi connectivity index (χ3v) is 6.05. The monoisotopic (exact) mass is 423 g/mol. The number of hydrogen-bond donors (Lipinski definition) is 0. The molecule has 1 aliphatic heterocycles. The zero-order chi connectivity index (χ0) is 22.0. The molecule has 1 heterocycles. The fraction of sp³-hybridized carbons (Fsp3) is 0.375. The number of nitrogens with zero attached hydrogens (tertiary/aromatic N) is 3. The lowest BCUT2D eigenvalue weighted by Crippen LogP contribution is -2.42. The van der Waals surface area contributed by atoms with Crippen LogP contribution >= 0.6 is 0 Å². The third kappa shape index (κ3) is 4.45. The maximum Gasteiger partial charge on any atom is 0.262 e. The predicted octanol–water partition coefficient (Wildman–Crippen LogP) is 3.77. The number of carbonyl (C=O) groups excluding carboxylic acids is 2. The van der Waals surface area contributed by atoms with E-state index in [1.54, 1.807) is 26.3 Å². The first kappa shape index (κ1) is 21.0. The molecule has 0 N–H and O–H groups in total. The van der Waals surface area contributed by atoms with E-state index in [2.05, 4.69) is 5.10 Å². The summed E-state index contributed by atoms with van der Waals surface area (Å²) in [6, 6.07) is 13.3. The van der Waals surface area contributed by atoms with Crippen LogP contribution in [0.1, 0.15) is 42.9 Å². The van der Waals surface area contributed by atoms with Gasteiger partial charge < -0.3 is 9.64 Å². The molecule has 1 atom stereocenters. The Morgan fingerprint density at radius 3 is 2.39 bits per heavy atom. The van der Waals surface area contributed by atoms with Crippen LogP contribution in [0.15, 0.2) is 53.6 Å². The van der Waals surface area contributed by atoms with E-state index in [1.807, 2.05) is 24.3 Å². The van der Waals surface area contributed by atoms with Crippen LogP contribution < -0.4 is 4.74 Å². The molecule has 0 aromatic heterocycles. The number of ether oxygens (including phenoxy) is 1. The van der Waals surface area contributed by atoms with Crippen molar-refractivity contribution < 1.29 is 18.7 Å². The van der Waals surface area contributed by atoms with Crippen molar-refractivity contribution in [1.82, 2.24) is 9.91 Å². The van der Waals surface area contributed by atoms with Crippen LogP contribution in [0, 0.1) is 11.7 Å². The number of carbonyl (C=O) groups is 2. The van der Waals surface area contributed by atoms with Crippen molar-refractivity contribution in [2.75, 3.05) is 20.7 Å². The predicted molar refractivity (Wildman–Crippen MR) is 115 cm³/mol. The average Bonchev–Trinajstić information content (AvgIpc) is 3.18. The van der Waals surface area contributed by atoms with Gasteiger partial charge in [-0.25, -0.2) is 9.40 Å². The Morgan fingerprint density at radius 2 is 1.81 bits per heavy atom. The number of halogens is 1. The first-order valence-corrected chi connectivity index (χ1v) is 10.5. The summed E-state index contributed by atoms with van der Waals surface area (Å²) in [7, 11) is 3.27. The molecule has 0 saturated heterocycles. The highest BCUT2D eigenvalue weighted by molar-refractivity contribution is 6.03. The van der Waals surface area contributed by atoms with Gasteiger partial charge in [-0.3, -0.25) is 9.59 Å². The average molecular weight is 423 g/mol. The minimum atomic E-state index is -0.350. The van der Waals surface area contributed by atoms with Crippen molar-refractivity contribution in [3.63, 3.8) is 0 Å². The SMILES string of the molecule is COc1ccc(C2=NN(C(=O)CN(C)C(=O)C3CCC3)[C@@H](c3ccc(F)cc3)C2)cc1. The second-order valence-corrected chi connectivity index (χ2v) is 8.11. The number of hydrogen-bond acceptors (Lipinski definition) is 4. The zero-order valence-corrected chi connectivity index (χ0v) is 17.8. The Morgan fingerprint density at radius 1 is 1.13 bits per heavy atom. The van der Waals surface area contributed by atoms with E-state index in [1.165, 1.54) is 22.0 Å². The van der Waals surface area contributed by atoms with E-state index < -0.39 is 0 Å². The highest BCUT2D eigenvalue weighted by atomic mass is 19.1. The van der Waals surface area contributed by atoms with Crippen molar-refractivity contribution >= 4 is 17.5 Å². The van der Waals surface area contributed by atoms with Gasteiger partial charge in [0, 0.05) is 19.4 Å². The van der Waals surface area contributed by atoms with Gasteiger partial charge in [-0.15, -0.1) is 0 Å². The molecule has 6 nitrogen and oxygen atoms in total. The van der Waals surface area contributed by atoms with Crippen molar-refractivity contribution in [3.05, 3.63) is 65.5 Å². The highest BCUT2D eigenvalue weighted by Gasteiger charge is 2.35. The lowest BCUT2D eigenvalue weighted by Gasteiger charge is -2.30. The van der Waals surface area contributed by atoms with Gasteiger partial charge in [0.15, 0.2) is 0 Å². The summed E-state index contributed by atoms with van der Waals surface area (Å²) >= 11 is 0. The van der Waals surface area contributed by atoms with E-state index in [0.29, 0.717) is 6.42 Å². The molecule has 31 heavy (non-hydrogen) atoms. The molecule has 2 amide bonds. The summed E-state index contributed by atoms with van der Waals surface area (Å²) in [6.45, 7) is -0.0353. The van der Waals surface area contributed by atoms with Gasteiger partial charge in [-0.05, 0) is 60.4 Å². The minimum Gasteiger partial charge on any atom is -0.497 e. The summed E-state index contributed by atoms with van der Waals surface area (Å²) in [4.78, 5) is 27.1. The molecule has 0 radical (unpaired) electrons.